The predicted molar refractivity (Wildman–Crippen MR) is 95.0 cm³/mol. The fourth-order valence-electron chi connectivity index (χ4n) is 2.26. The van der Waals surface area contributed by atoms with Crippen molar-refractivity contribution < 1.29 is 22.0 Å². The Kier molecular flexibility index (Phi) is 4.84. The zero-order chi connectivity index (χ0) is 18.9. The number of carbonyl (C=O) groups excluding carboxylic acids is 1. The van der Waals surface area contributed by atoms with Crippen molar-refractivity contribution in [1.29, 1.82) is 0 Å². The lowest BCUT2D eigenvalue weighted by Gasteiger charge is -2.07. The number of aromatic nitrogens is 1. The number of hydrogen-bond donors (Lipinski definition) is 1. The fraction of sp³-hybridized carbons (Fsp3) is 0.0588. The van der Waals surface area contributed by atoms with Crippen LogP contribution in [0.2, 0.25) is 0 Å². The maximum atomic E-state index is 13.3. The van der Waals surface area contributed by atoms with Gasteiger partial charge in [0.15, 0.2) is 26.6 Å². The average molecular weight is 394 g/mol. The normalized spacial score (nSPS) is 11.3. The van der Waals surface area contributed by atoms with Gasteiger partial charge < -0.3 is 0 Å². The van der Waals surface area contributed by atoms with Crippen molar-refractivity contribution in [3.05, 3.63) is 65.0 Å². The van der Waals surface area contributed by atoms with Gasteiger partial charge in [-0.1, -0.05) is 12.1 Å². The molecule has 0 aliphatic heterocycles. The third-order valence-electron chi connectivity index (χ3n) is 3.47. The highest BCUT2D eigenvalue weighted by atomic mass is 32.2. The summed E-state index contributed by atoms with van der Waals surface area (Å²) in [6.45, 7) is 0. The summed E-state index contributed by atoms with van der Waals surface area (Å²) in [7, 11) is -3.57. The number of nitrogens with zero attached hydrogens (tertiary/aromatic N) is 1. The molecule has 0 saturated carbocycles. The van der Waals surface area contributed by atoms with E-state index < -0.39 is 27.4 Å². The van der Waals surface area contributed by atoms with E-state index in [1.807, 2.05) is 0 Å². The van der Waals surface area contributed by atoms with Crippen LogP contribution in [0.3, 0.4) is 0 Å². The van der Waals surface area contributed by atoms with E-state index in [-0.39, 0.29) is 15.6 Å². The molecule has 1 N–H and O–H groups in total. The second kappa shape index (κ2) is 6.93. The third-order valence-corrected chi connectivity index (χ3v) is 5.38. The van der Waals surface area contributed by atoms with Crippen LogP contribution in [0.4, 0.5) is 13.9 Å². The number of sulfone groups is 1. The molecule has 0 bridgehead atoms. The van der Waals surface area contributed by atoms with Gasteiger partial charge >= 0.3 is 0 Å². The second-order valence-electron chi connectivity index (χ2n) is 5.39. The van der Waals surface area contributed by atoms with Crippen molar-refractivity contribution in [2.45, 2.75) is 4.90 Å². The van der Waals surface area contributed by atoms with Crippen LogP contribution >= 0.6 is 11.3 Å². The van der Waals surface area contributed by atoms with E-state index in [0.29, 0.717) is 11.3 Å². The van der Waals surface area contributed by atoms with Crippen LogP contribution < -0.4 is 5.32 Å². The molecule has 0 saturated heterocycles. The molecule has 1 aromatic heterocycles. The molecule has 0 radical (unpaired) electrons. The van der Waals surface area contributed by atoms with Gasteiger partial charge in [-0.05, 0) is 30.3 Å². The second-order valence-corrected chi connectivity index (χ2v) is 8.23. The van der Waals surface area contributed by atoms with E-state index in [4.69, 9.17) is 0 Å². The van der Waals surface area contributed by atoms with Crippen LogP contribution in [0, 0.1) is 11.6 Å². The van der Waals surface area contributed by atoms with E-state index in [1.54, 1.807) is 11.4 Å². The van der Waals surface area contributed by atoms with E-state index >= 15 is 0 Å². The predicted octanol–water partition coefficient (Wildman–Crippen LogP) is 3.74. The Morgan fingerprint density at radius 2 is 1.85 bits per heavy atom. The number of thiazole rings is 1. The van der Waals surface area contributed by atoms with E-state index in [2.05, 4.69) is 10.3 Å². The zero-order valence-electron chi connectivity index (χ0n) is 13.4. The minimum Gasteiger partial charge on any atom is -0.298 e. The molecule has 0 aliphatic rings. The molecule has 0 atom stereocenters. The van der Waals surface area contributed by atoms with Crippen LogP contribution in [0.25, 0.3) is 11.3 Å². The van der Waals surface area contributed by atoms with Crippen LogP contribution in [0.15, 0.2) is 52.7 Å². The highest BCUT2D eigenvalue weighted by molar-refractivity contribution is 7.90. The summed E-state index contributed by atoms with van der Waals surface area (Å²) in [5.74, 6) is -2.59. The first-order valence-corrected chi connectivity index (χ1v) is 10.0. The van der Waals surface area contributed by atoms with Crippen LogP contribution in [0.5, 0.6) is 0 Å². The van der Waals surface area contributed by atoms with Crippen LogP contribution in [-0.2, 0) is 9.84 Å². The lowest BCUT2D eigenvalue weighted by molar-refractivity contribution is 0.102. The lowest BCUT2D eigenvalue weighted by atomic mass is 10.2. The molecular formula is C17H12F2N2O3S2. The number of anilines is 1. The van der Waals surface area contributed by atoms with Gasteiger partial charge in [-0.15, -0.1) is 11.3 Å². The number of benzene rings is 2. The quantitative estimate of drug-likeness (QED) is 0.731. The van der Waals surface area contributed by atoms with Gasteiger partial charge in [0.2, 0.25) is 0 Å². The van der Waals surface area contributed by atoms with Gasteiger partial charge in [0.25, 0.3) is 5.91 Å². The molecule has 0 aliphatic carbocycles. The van der Waals surface area contributed by atoms with Crippen molar-refractivity contribution in [1.82, 2.24) is 4.98 Å². The molecule has 26 heavy (non-hydrogen) atoms. The minimum atomic E-state index is -3.57. The number of amides is 1. The number of hydrogen-bond acceptors (Lipinski definition) is 5. The Morgan fingerprint density at radius 3 is 2.54 bits per heavy atom. The van der Waals surface area contributed by atoms with Gasteiger partial charge in [-0.25, -0.2) is 22.2 Å². The maximum Gasteiger partial charge on any atom is 0.258 e. The summed E-state index contributed by atoms with van der Waals surface area (Å²) in [5, 5.41) is 4.30. The Morgan fingerprint density at radius 1 is 1.12 bits per heavy atom. The molecule has 0 unspecified atom stereocenters. The van der Waals surface area contributed by atoms with Crippen LogP contribution in [0.1, 0.15) is 10.4 Å². The minimum absolute atomic E-state index is 0.000392. The van der Waals surface area contributed by atoms with E-state index in [0.717, 1.165) is 29.7 Å². The summed E-state index contributed by atoms with van der Waals surface area (Å²) in [4.78, 5) is 16.5. The first-order valence-electron chi connectivity index (χ1n) is 7.27. The van der Waals surface area contributed by atoms with Gasteiger partial charge in [-0.3, -0.25) is 10.1 Å². The molecule has 0 spiro atoms. The number of halogens is 2. The maximum absolute atomic E-state index is 13.3. The van der Waals surface area contributed by atoms with Crippen molar-refractivity contribution in [3.8, 4) is 11.3 Å². The number of nitrogens with one attached hydrogen (secondary N) is 1. The monoisotopic (exact) mass is 394 g/mol. The summed E-state index contributed by atoms with van der Waals surface area (Å²) >= 11 is 1.08. The Bertz CT molecular complexity index is 1090. The van der Waals surface area contributed by atoms with E-state index in [9.17, 15) is 22.0 Å². The summed E-state index contributed by atoms with van der Waals surface area (Å²) < 4.78 is 49.9. The molecule has 2 aromatic carbocycles. The Hall–Kier alpha value is -2.65. The SMILES string of the molecule is CS(=O)(=O)c1ccccc1C(=O)Nc1nc(-c2ccc(F)c(F)c2)cs1. The smallest absolute Gasteiger partial charge is 0.258 e. The van der Waals surface area contributed by atoms with Gasteiger partial charge in [0.05, 0.1) is 16.2 Å². The molecule has 1 amide bonds. The van der Waals surface area contributed by atoms with Crippen molar-refractivity contribution in [3.63, 3.8) is 0 Å². The largest absolute Gasteiger partial charge is 0.298 e. The molecule has 3 rings (SSSR count). The van der Waals surface area contributed by atoms with Gasteiger partial charge in [-0.2, -0.15) is 0 Å². The Balaban J connectivity index is 1.86. The van der Waals surface area contributed by atoms with Crippen molar-refractivity contribution in [2.75, 3.05) is 11.6 Å². The number of rotatable bonds is 4. The first-order chi connectivity index (χ1) is 12.3. The van der Waals surface area contributed by atoms with Crippen molar-refractivity contribution in [2.24, 2.45) is 0 Å². The molecule has 1 heterocycles. The Labute approximate surface area is 152 Å². The summed E-state index contributed by atoms with van der Waals surface area (Å²) in [5.41, 5.74) is 0.720. The highest BCUT2D eigenvalue weighted by Crippen LogP contribution is 2.27. The fourth-order valence-corrected chi connectivity index (χ4v) is 3.86. The van der Waals surface area contributed by atoms with Crippen LogP contribution in [-0.4, -0.2) is 25.6 Å². The first kappa shape index (κ1) is 18.2. The molecule has 0 fully saturated rings. The van der Waals surface area contributed by atoms with Gasteiger partial charge in [0, 0.05) is 17.2 Å². The number of carbonyl (C=O) groups is 1. The third kappa shape index (κ3) is 3.78. The standard InChI is InChI=1S/C17H12F2N2O3S2/c1-26(23,24)15-5-3-2-4-11(15)16(22)21-17-20-14(9-25-17)10-6-7-12(18)13(19)8-10/h2-9H,1H3,(H,20,21,22). The highest BCUT2D eigenvalue weighted by Gasteiger charge is 2.19. The lowest BCUT2D eigenvalue weighted by Crippen LogP contribution is -2.15. The molecule has 3 aromatic rings. The zero-order valence-corrected chi connectivity index (χ0v) is 15.0. The van der Waals surface area contributed by atoms with E-state index in [1.165, 1.54) is 24.3 Å². The van der Waals surface area contributed by atoms with Gasteiger partial charge in [0.1, 0.15) is 0 Å². The summed E-state index contributed by atoms with van der Waals surface area (Å²) in [6.07, 6.45) is 1.02. The average Bonchev–Trinajstić information content (AvgIpc) is 3.05. The van der Waals surface area contributed by atoms with Crippen molar-refractivity contribution >= 4 is 32.2 Å². The molecule has 5 nitrogen and oxygen atoms in total. The summed E-state index contributed by atoms with van der Waals surface area (Å²) in [6, 6.07) is 9.20. The topological polar surface area (TPSA) is 76.1 Å². The molecular weight excluding hydrogens is 382 g/mol. The molecule has 134 valence electrons. The molecule has 9 heteroatoms.